The van der Waals surface area contributed by atoms with E-state index in [2.05, 4.69) is 5.32 Å². The Morgan fingerprint density at radius 3 is 2.10 bits per heavy atom. The maximum absolute atomic E-state index is 13.2. The molecule has 2 aromatic rings. The summed E-state index contributed by atoms with van der Waals surface area (Å²) in [5.41, 5.74) is -0.695. The average Bonchev–Trinajstić information content (AvgIpc) is 2.89. The second-order valence-electron chi connectivity index (χ2n) is 7.31. The van der Waals surface area contributed by atoms with Gasteiger partial charge in [-0.1, -0.05) is 36.4 Å². The maximum Gasteiger partial charge on any atom is 0.325 e. The molecule has 0 unspecified atom stereocenters. The number of para-hydroxylation sites is 1. The molecule has 1 fully saturated rings. The maximum atomic E-state index is 13.2. The molecule has 29 heavy (non-hydrogen) atoms. The molecule has 1 aliphatic heterocycles. The second kappa shape index (κ2) is 7.84. The number of β-amino-alcohol motifs (C(OH)–C–C–N with tert-alkyl or cyclic N) is 1. The fourth-order valence-electron chi connectivity index (χ4n) is 3.10. The van der Waals surface area contributed by atoms with Crippen LogP contribution in [0.4, 0.5) is 10.5 Å². The third-order valence-electron chi connectivity index (χ3n) is 4.59. The number of amides is 3. The zero-order chi connectivity index (χ0) is 21.2. The van der Waals surface area contributed by atoms with Crippen LogP contribution in [-0.2, 0) is 14.8 Å². The molecule has 1 atom stereocenters. The first kappa shape index (κ1) is 20.8. The number of rotatable bonds is 7. The van der Waals surface area contributed by atoms with E-state index in [-0.39, 0.29) is 18.0 Å². The molecular formula is C20H23N3O5S. The van der Waals surface area contributed by atoms with Gasteiger partial charge in [0.15, 0.2) is 0 Å². The Labute approximate surface area is 169 Å². The lowest BCUT2D eigenvalue weighted by atomic mass is 10.1. The summed E-state index contributed by atoms with van der Waals surface area (Å²) in [7, 11) is -3.96. The predicted octanol–water partition coefficient (Wildman–Crippen LogP) is 1.57. The largest absolute Gasteiger partial charge is 0.389 e. The van der Waals surface area contributed by atoms with Crippen molar-refractivity contribution in [2.45, 2.75) is 30.4 Å². The van der Waals surface area contributed by atoms with Crippen molar-refractivity contribution in [2.24, 2.45) is 0 Å². The number of nitrogens with one attached hydrogen (secondary N) is 1. The Bertz CT molecular complexity index is 993. The highest BCUT2D eigenvalue weighted by Gasteiger charge is 2.45. The molecule has 1 aliphatic rings. The van der Waals surface area contributed by atoms with Crippen LogP contribution in [0.5, 0.6) is 0 Å². The topological polar surface area (TPSA) is 107 Å². The number of urea groups is 1. The molecule has 0 saturated carbocycles. The zero-order valence-corrected chi connectivity index (χ0v) is 17.0. The van der Waals surface area contributed by atoms with Gasteiger partial charge < -0.3 is 10.4 Å². The van der Waals surface area contributed by atoms with Crippen molar-refractivity contribution in [3.63, 3.8) is 0 Å². The first-order valence-electron chi connectivity index (χ1n) is 9.08. The molecule has 154 valence electrons. The molecule has 0 radical (unpaired) electrons. The van der Waals surface area contributed by atoms with Crippen LogP contribution in [0.25, 0.3) is 0 Å². The lowest BCUT2D eigenvalue weighted by molar-refractivity contribution is -0.131. The lowest BCUT2D eigenvalue weighted by Gasteiger charge is -2.28. The number of aliphatic hydroxyl groups excluding tert-OH is 1. The molecule has 2 N–H and O–H groups in total. The van der Waals surface area contributed by atoms with Crippen LogP contribution in [0.3, 0.4) is 0 Å². The molecule has 1 saturated heterocycles. The monoisotopic (exact) mass is 417 g/mol. The minimum absolute atomic E-state index is 0.0761. The van der Waals surface area contributed by atoms with Gasteiger partial charge in [0, 0.05) is 0 Å². The summed E-state index contributed by atoms with van der Waals surface area (Å²) < 4.78 is 27.5. The highest BCUT2D eigenvalue weighted by atomic mass is 32.2. The standard InChI is InChI=1S/C20H23N3O5S/c1-20(2)18(25)22(19(26)21-20)13-16(24)14-23(15-9-5-3-6-10-15)29(27,28)17-11-7-4-8-12-17/h3-12,16,24H,13-14H2,1-2H3,(H,21,26)/t16-/m0/s1. The number of benzene rings is 2. The number of sulfonamides is 1. The van der Waals surface area contributed by atoms with Crippen molar-refractivity contribution in [1.82, 2.24) is 10.2 Å². The van der Waals surface area contributed by atoms with E-state index in [0.29, 0.717) is 5.69 Å². The normalized spacial score (nSPS) is 17.1. The second-order valence-corrected chi connectivity index (χ2v) is 9.17. The molecule has 0 aliphatic carbocycles. The van der Waals surface area contributed by atoms with Crippen LogP contribution >= 0.6 is 0 Å². The quantitative estimate of drug-likeness (QED) is 0.665. The Hall–Kier alpha value is -2.91. The summed E-state index contributed by atoms with van der Waals surface area (Å²) in [6, 6.07) is 15.6. The molecule has 8 nitrogen and oxygen atoms in total. The number of aliphatic hydroxyl groups is 1. The van der Waals surface area contributed by atoms with Crippen LogP contribution in [0.15, 0.2) is 65.6 Å². The molecule has 0 aromatic heterocycles. The fraction of sp³-hybridized carbons (Fsp3) is 0.300. The minimum Gasteiger partial charge on any atom is -0.389 e. The van der Waals surface area contributed by atoms with E-state index in [4.69, 9.17) is 0 Å². The van der Waals surface area contributed by atoms with Gasteiger partial charge in [-0.2, -0.15) is 0 Å². The van der Waals surface area contributed by atoms with E-state index in [1.807, 2.05) is 0 Å². The van der Waals surface area contributed by atoms with Gasteiger partial charge >= 0.3 is 6.03 Å². The van der Waals surface area contributed by atoms with Gasteiger partial charge in [0.25, 0.3) is 15.9 Å². The molecule has 1 heterocycles. The first-order chi connectivity index (χ1) is 13.6. The van der Waals surface area contributed by atoms with E-state index in [1.54, 1.807) is 62.4 Å². The number of anilines is 1. The summed E-state index contributed by atoms with van der Waals surface area (Å²) in [6.45, 7) is 2.49. The highest BCUT2D eigenvalue weighted by Crippen LogP contribution is 2.24. The minimum atomic E-state index is -3.96. The smallest absolute Gasteiger partial charge is 0.325 e. The number of imide groups is 1. The van der Waals surface area contributed by atoms with Crippen LogP contribution in [0.1, 0.15) is 13.8 Å². The predicted molar refractivity (Wildman–Crippen MR) is 108 cm³/mol. The van der Waals surface area contributed by atoms with Crippen LogP contribution in [0.2, 0.25) is 0 Å². The Morgan fingerprint density at radius 1 is 1.03 bits per heavy atom. The number of hydrogen-bond acceptors (Lipinski definition) is 5. The van der Waals surface area contributed by atoms with Crippen molar-refractivity contribution in [2.75, 3.05) is 17.4 Å². The van der Waals surface area contributed by atoms with E-state index in [9.17, 15) is 23.1 Å². The molecule has 3 amide bonds. The van der Waals surface area contributed by atoms with Crippen molar-refractivity contribution in [3.05, 3.63) is 60.7 Å². The Morgan fingerprint density at radius 2 is 1.59 bits per heavy atom. The average molecular weight is 417 g/mol. The van der Waals surface area contributed by atoms with Gasteiger partial charge in [0.05, 0.1) is 29.8 Å². The SMILES string of the molecule is CC1(C)NC(=O)N(C[C@H](O)CN(c2ccccc2)S(=O)(=O)c2ccccc2)C1=O. The van der Waals surface area contributed by atoms with Gasteiger partial charge in [0.2, 0.25) is 0 Å². The van der Waals surface area contributed by atoms with E-state index in [0.717, 1.165) is 9.21 Å². The van der Waals surface area contributed by atoms with E-state index >= 15 is 0 Å². The third kappa shape index (κ3) is 4.25. The van der Waals surface area contributed by atoms with E-state index < -0.39 is 33.6 Å². The van der Waals surface area contributed by atoms with Crippen molar-refractivity contribution in [3.8, 4) is 0 Å². The summed E-state index contributed by atoms with van der Waals surface area (Å²) in [5.74, 6) is -0.473. The van der Waals surface area contributed by atoms with Gasteiger partial charge in [0.1, 0.15) is 5.54 Å². The number of nitrogens with zero attached hydrogens (tertiary/aromatic N) is 2. The molecule has 0 spiro atoms. The van der Waals surface area contributed by atoms with Gasteiger partial charge in [-0.25, -0.2) is 13.2 Å². The Kier molecular flexibility index (Phi) is 5.63. The zero-order valence-electron chi connectivity index (χ0n) is 16.1. The van der Waals surface area contributed by atoms with Gasteiger partial charge in [-0.3, -0.25) is 14.0 Å². The van der Waals surface area contributed by atoms with Crippen molar-refractivity contribution < 1.29 is 23.1 Å². The van der Waals surface area contributed by atoms with Crippen LogP contribution < -0.4 is 9.62 Å². The summed E-state index contributed by atoms with van der Waals surface area (Å²) in [5, 5.41) is 13.1. The summed E-state index contributed by atoms with van der Waals surface area (Å²) in [4.78, 5) is 25.4. The number of carbonyl (C=O) groups is 2. The summed E-state index contributed by atoms with van der Waals surface area (Å²) in [6.07, 6.45) is -1.28. The van der Waals surface area contributed by atoms with Crippen LogP contribution in [0, 0.1) is 0 Å². The first-order valence-corrected chi connectivity index (χ1v) is 10.5. The number of carbonyl (C=O) groups excluding carboxylic acids is 2. The molecular weight excluding hydrogens is 394 g/mol. The van der Waals surface area contributed by atoms with Crippen LogP contribution in [-0.4, -0.2) is 55.1 Å². The van der Waals surface area contributed by atoms with Gasteiger partial charge in [-0.15, -0.1) is 0 Å². The Balaban J connectivity index is 1.87. The lowest BCUT2D eigenvalue weighted by Crippen LogP contribution is -2.45. The van der Waals surface area contributed by atoms with Crippen molar-refractivity contribution >= 4 is 27.6 Å². The summed E-state index contributed by atoms with van der Waals surface area (Å²) >= 11 is 0. The molecule has 9 heteroatoms. The number of hydrogen-bond donors (Lipinski definition) is 2. The van der Waals surface area contributed by atoms with Gasteiger partial charge in [-0.05, 0) is 38.1 Å². The molecule has 0 bridgehead atoms. The molecule has 2 aromatic carbocycles. The fourth-order valence-corrected chi connectivity index (χ4v) is 4.62. The van der Waals surface area contributed by atoms with Crippen molar-refractivity contribution in [1.29, 1.82) is 0 Å². The van der Waals surface area contributed by atoms with E-state index in [1.165, 1.54) is 12.1 Å². The third-order valence-corrected chi connectivity index (χ3v) is 6.40. The highest BCUT2D eigenvalue weighted by molar-refractivity contribution is 7.92. The molecule has 3 rings (SSSR count).